The molecule has 11 heteroatoms. The first-order valence-corrected chi connectivity index (χ1v) is 9.52. The molecule has 0 spiro atoms. The molecule has 0 fully saturated rings. The maximum Gasteiger partial charge on any atom is 0.274 e. The predicted octanol–water partition coefficient (Wildman–Crippen LogP) is -0.621. The number of hydrogen-bond donors (Lipinski definition) is 2. The van der Waals surface area contributed by atoms with Crippen LogP contribution in [0.1, 0.15) is 5.56 Å². The number of methoxy groups -OCH3 is 1. The van der Waals surface area contributed by atoms with E-state index in [4.69, 9.17) is 9.88 Å². The van der Waals surface area contributed by atoms with E-state index in [9.17, 15) is 21.9 Å². The highest BCUT2D eigenvalue weighted by molar-refractivity contribution is 7.94. The van der Waals surface area contributed by atoms with Gasteiger partial charge in [0.15, 0.2) is 0 Å². The molecule has 21 heavy (non-hydrogen) atoms. The minimum Gasteiger partial charge on any atom is -0.390 e. The number of hydrogen-bond acceptors (Lipinski definition) is 7. The van der Waals surface area contributed by atoms with Crippen LogP contribution in [0, 0.1) is 0 Å². The number of aliphatic hydroxyl groups excluding tert-OH is 1. The summed E-state index contributed by atoms with van der Waals surface area (Å²) >= 11 is 0.589. The van der Waals surface area contributed by atoms with Crippen LogP contribution in [0.2, 0.25) is 0 Å². The molecule has 2 heterocycles. The molecule has 0 atom stereocenters. The molecule has 0 unspecified atom stereocenters. The lowest BCUT2D eigenvalue weighted by atomic mass is 10.2. The van der Waals surface area contributed by atoms with Gasteiger partial charge < -0.3 is 9.84 Å². The Morgan fingerprint density at radius 3 is 2.67 bits per heavy atom. The number of primary sulfonamides is 1. The number of ether oxygens (including phenoxy) is 1. The maximum absolute atomic E-state index is 12.5. The fraction of sp³-hybridized carbons (Fsp3) is 0.400. The highest BCUT2D eigenvalue weighted by atomic mass is 32.3. The van der Waals surface area contributed by atoms with Gasteiger partial charge in [-0.1, -0.05) is 0 Å². The molecule has 0 bridgehead atoms. The number of nitrogens with zero attached hydrogens (tertiary/aromatic N) is 1. The second-order valence-corrected chi connectivity index (χ2v) is 9.12. The van der Waals surface area contributed by atoms with Crippen LogP contribution < -0.4 is 5.14 Å². The smallest absolute Gasteiger partial charge is 0.274 e. The van der Waals surface area contributed by atoms with E-state index in [0.29, 0.717) is 11.3 Å². The van der Waals surface area contributed by atoms with Gasteiger partial charge in [-0.05, 0) is 12.1 Å². The Labute approximate surface area is 126 Å². The highest BCUT2D eigenvalue weighted by Crippen LogP contribution is 2.38. The van der Waals surface area contributed by atoms with Crippen LogP contribution in [-0.2, 0) is 24.8 Å². The second-order valence-electron chi connectivity index (χ2n) is 4.22. The van der Waals surface area contributed by atoms with Crippen molar-refractivity contribution in [2.24, 2.45) is 5.14 Å². The lowest BCUT2D eigenvalue weighted by molar-refractivity contribution is 0.181. The molecule has 0 amide bonds. The summed E-state index contributed by atoms with van der Waals surface area (Å²) in [6.07, 6.45) is 1.43. The average Bonchev–Trinajstić information content (AvgIpc) is 2.82. The Morgan fingerprint density at radius 1 is 1.48 bits per heavy atom. The lowest BCUT2D eigenvalue weighted by Gasteiger charge is -2.28. The van der Waals surface area contributed by atoms with E-state index in [2.05, 4.69) is 0 Å². The molecule has 1 aliphatic heterocycles. The summed E-state index contributed by atoms with van der Waals surface area (Å²) < 4.78 is 53.2. The molecule has 1 aromatic rings. The van der Waals surface area contributed by atoms with Crippen molar-refractivity contribution < 1.29 is 26.7 Å². The Bertz CT molecular complexity index is 778. The van der Waals surface area contributed by atoms with Crippen LogP contribution in [0.5, 0.6) is 0 Å². The Morgan fingerprint density at radius 2 is 2.14 bits per heavy atom. The number of rotatable bonds is 5. The molecule has 0 radical (unpaired) electrons. The van der Waals surface area contributed by atoms with Gasteiger partial charge in [0.1, 0.15) is 8.42 Å². The van der Waals surface area contributed by atoms with Gasteiger partial charge in [0.05, 0.1) is 25.5 Å². The molecule has 0 saturated carbocycles. The fourth-order valence-corrected chi connectivity index (χ4v) is 5.96. The summed E-state index contributed by atoms with van der Waals surface area (Å²) in [7, 11) is -6.49. The van der Waals surface area contributed by atoms with Crippen molar-refractivity contribution in [3.05, 3.63) is 17.3 Å². The van der Waals surface area contributed by atoms with E-state index >= 15 is 0 Å². The van der Waals surface area contributed by atoms with Gasteiger partial charge in [0, 0.05) is 12.7 Å². The number of fused-ring (bicyclic) bond motifs is 1. The first kappa shape index (κ1) is 16.4. The quantitative estimate of drug-likeness (QED) is 0.725. The maximum atomic E-state index is 12.5. The van der Waals surface area contributed by atoms with E-state index < -0.39 is 26.7 Å². The first-order valence-electron chi connectivity index (χ1n) is 5.71. The summed E-state index contributed by atoms with van der Waals surface area (Å²) in [5, 5.41) is 14.4. The van der Waals surface area contributed by atoms with Gasteiger partial charge in [0.2, 0.25) is 10.0 Å². The van der Waals surface area contributed by atoms with Crippen LogP contribution in [0.15, 0.2) is 20.2 Å². The summed E-state index contributed by atoms with van der Waals surface area (Å²) in [5.74, 6) is 0. The van der Waals surface area contributed by atoms with Crippen molar-refractivity contribution >= 4 is 37.5 Å². The molecule has 3 N–H and O–H groups in total. The van der Waals surface area contributed by atoms with E-state index in [-0.39, 0.29) is 32.8 Å². The molecule has 8 nitrogen and oxygen atoms in total. The standard InChI is InChI=1S/C10H14N2O6S3/c1-18-3-2-12-8(6-13)4-7-5-9(20(11,14)15)19-10(7)21(12,16)17/h4-5,13H,2-3,6H2,1H3,(H2,11,14,15). The molecule has 2 rings (SSSR count). The fourth-order valence-electron chi connectivity index (χ4n) is 1.88. The second kappa shape index (κ2) is 5.66. The molecule has 118 valence electrons. The highest BCUT2D eigenvalue weighted by Gasteiger charge is 2.35. The number of sulfonamides is 2. The van der Waals surface area contributed by atoms with Crippen molar-refractivity contribution in [3.63, 3.8) is 0 Å². The normalized spacial score (nSPS) is 17.5. The van der Waals surface area contributed by atoms with E-state index in [1.807, 2.05) is 0 Å². The van der Waals surface area contributed by atoms with Crippen molar-refractivity contribution in [2.75, 3.05) is 26.9 Å². The molecule has 0 aliphatic carbocycles. The predicted molar refractivity (Wildman–Crippen MR) is 76.5 cm³/mol. The monoisotopic (exact) mass is 354 g/mol. The summed E-state index contributed by atoms with van der Waals surface area (Å²) in [6, 6.07) is 1.19. The van der Waals surface area contributed by atoms with E-state index in [1.165, 1.54) is 19.3 Å². The zero-order valence-electron chi connectivity index (χ0n) is 11.0. The van der Waals surface area contributed by atoms with Gasteiger partial charge in [-0.25, -0.2) is 22.0 Å². The van der Waals surface area contributed by atoms with Crippen LogP contribution in [0.4, 0.5) is 0 Å². The Balaban J connectivity index is 2.59. The van der Waals surface area contributed by atoms with E-state index in [0.717, 1.165) is 4.31 Å². The average molecular weight is 354 g/mol. The van der Waals surface area contributed by atoms with E-state index in [1.54, 1.807) is 0 Å². The van der Waals surface area contributed by atoms with Gasteiger partial charge in [-0.3, -0.25) is 4.31 Å². The SMILES string of the molecule is COCCN1C(CO)=Cc2cc(S(N)(=O)=O)sc2S1(=O)=O. The summed E-state index contributed by atoms with van der Waals surface area (Å²) in [4.78, 5) is 0. The van der Waals surface area contributed by atoms with Crippen molar-refractivity contribution in [2.45, 2.75) is 8.42 Å². The van der Waals surface area contributed by atoms with Crippen LogP contribution in [-0.4, -0.2) is 53.1 Å². The largest absolute Gasteiger partial charge is 0.390 e. The summed E-state index contributed by atoms with van der Waals surface area (Å²) in [6.45, 7) is -0.338. The van der Waals surface area contributed by atoms with Crippen molar-refractivity contribution in [1.82, 2.24) is 4.31 Å². The van der Waals surface area contributed by atoms with Crippen molar-refractivity contribution in [1.29, 1.82) is 0 Å². The van der Waals surface area contributed by atoms with Crippen LogP contribution in [0.3, 0.4) is 0 Å². The third-order valence-corrected chi connectivity index (χ3v) is 7.76. The van der Waals surface area contributed by atoms with Gasteiger partial charge >= 0.3 is 0 Å². The topological polar surface area (TPSA) is 127 Å². The molecule has 1 aliphatic rings. The summed E-state index contributed by atoms with van der Waals surface area (Å²) in [5.41, 5.74) is 0.361. The van der Waals surface area contributed by atoms with Crippen molar-refractivity contribution in [3.8, 4) is 0 Å². The molecular weight excluding hydrogens is 340 g/mol. The number of nitrogens with two attached hydrogens (primary N) is 1. The molecule has 0 saturated heterocycles. The minimum atomic E-state index is -3.99. The molecular formula is C10H14N2O6S3. The number of thiophene rings is 1. The Hall–Kier alpha value is -0.980. The van der Waals surface area contributed by atoms with Crippen LogP contribution >= 0.6 is 11.3 Å². The molecule has 0 aromatic carbocycles. The van der Waals surface area contributed by atoms with Crippen LogP contribution in [0.25, 0.3) is 6.08 Å². The zero-order valence-corrected chi connectivity index (χ0v) is 13.5. The zero-order chi connectivity index (χ0) is 15.8. The lowest BCUT2D eigenvalue weighted by Crippen LogP contribution is -2.36. The Kier molecular flexibility index (Phi) is 4.42. The third-order valence-electron chi connectivity index (χ3n) is 2.81. The third kappa shape index (κ3) is 2.98. The first-order chi connectivity index (χ1) is 9.71. The van der Waals surface area contributed by atoms with Gasteiger partial charge in [0.25, 0.3) is 10.0 Å². The molecule has 1 aromatic heterocycles. The van der Waals surface area contributed by atoms with Gasteiger partial charge in [-0.2, -0.15) is 0 Å². The number of aliphatic hydroxyl groups is 1. The minimum absolute atomic E-state index is 0.0211. The van der Waals surface area contributed by atoms with Gasteiger partial charge in [-0.15, -0.1) is 11.3 Å².